The van der Waals surface area contributed by atoms with E-state index in [0.717, 1.165) is 42.1 Å². The number of nitrogens with zero attached hydrogens (tertiary/aromatic N) is 2. The summed E-state index contributed by atoms with van der Waals surface area (Å²) in [5, 5.41) is 2.23. The second kappa shape index (κ2) is 5.45. The number of hydrogen-bond donors (Lipinski definition) is 0. The summed E-state index contributed by atoms with van der Waals surface area (Å²) < 4.78 is 2.12. The van der Waals surface area contributed by atoms with Crippen molar-refractivity contribution in [3.63, 3.8) is 0 Å². The number of aromatic nitrogens is 2. The van der Waals surface area contributed by atoms with Gasteiger partial charge in [-0.15, -0.1) is 0 Å². The first-order chi connectivity index (χ1) is 10.7. The molecule has 0 amide bonds. The van der Waals surface area contributed by atoms with Crippen molar-refractivity contribution in [2.75, 3.05) is 0 Å². The monoisotopic (exact) mass is 412 g/mol. The van der Waals surface area contributed by atoms with E-state index in [4.69, 9.17) is 9.97 Å². The van der Waals surface area contributed by atoms with Crippen molar-refractivity contribution in [2.45, 2.75) is 0 Å². The summed E-state index contributed by atoms with van der Waals surface area (Å²) in [6.45, 7) is 0. The SMILES string of the molecule is Brc1ccc2nc(-c3ccc4cc(Br)ccc4n3)ccc2c1. The molecule has 0 atom stereocenters. The number of hydrogen-bond acceptors (Lipinski definition) is 2. The van der Waals surface area contributed by atoms with Crippen molar-refractivity contribution >= 4 is 53.7 Å². The number of pyridine rings is 2. The third-order valence-corrected chi connectivity index (χ3v) is 4.55. The molecule has 0 bridgehead atoms. The maximum Gasteiger partial charge on any atom is 0.0894 e. The second-order valence-electron chi connectivity index (χ2n) is 5.07. The average molecular weight is 414 g/mol. The number of fused-ring (bicyclic) bond motifs is 2. The van der Waals surface area contributed by atoms with E-state index in [9.17, 15) is 0 Å². The first-order valence-electron chi connectivity index (χ1n) is 6.82. The zero-order valence-corrected chi connectivity index (χ0v) is 14.6. The van der Waals surface area contributed by atoms with Crippen LogP contribution in [-0.4, -0.2) is 9.97 Å². The lowest BCUT2D eigenvalue weighted by atomic mass is 10.1. The van der Waals surface area contributed by atoms with E-state index in [-0.39, 0.29) is 0 Å². The van der Waals surface area contributed by atoms with Crippen LogP contribution < -0.4 is 0 Å². The second-order valence-corrected chi connectivity index (χ2v) is 6.90. The normalized spacial score (nSPS) is 11.2. The summed E-state index contributed by atoms with van der Waals surface area (Å²) in [6.07, 6.45) is 0. The van der Waals surface area contributed by atoms with Crippen LogP contribution in [0.5, 0.6) is 0 Å². The summed E-state index contributed by atoms with van der Waals surface area (Å²) in [7, 11) is 0. The minimum Gasteiger partial charge on any atom is -0.246 e. The van der Waals surface area contributed by atoms with Gasteiger partial charge in [-0.1, -0.05) is 44.0 Å². The van der Waals surface area contributed by atoms with Gasteiger partial charge in [-0.2, -0.15) is 0 Å². The highest BCUT2D eigenvalue weighted by Gasteiger charge is 2.05. The van der Waals surface area contributed by atoms with Gasteiger partial charge >= 0.3 is 0 Å². The summed E-state index contributed by atoms with van der Waals surface area (Å²) in [5.74, 6) is 0. The van der Waals surface area contributed by atoms with Gasteiger partial charge in [-0.25, -0.2) is 9.97 Å². The molecule has 4 heteroatoms. The molecule has 0 radical (unpaired) electrons. The molecule has 0 N–H and O–H groups in total. The van der Waals surface area contributed by atoms with Crippen LogP contribution in [-0.2, 0) is 0 Å². The van der Waals surface area contributed by atoms with Crippen LogP contribution in [0.25, 0.3) is 33.2 Å². The number of rotatable bonds is 1. The molecule has 0 spiro atoms. The highest BCUT2D eigenvalue weighted by atomic mass is 79.9. The van der Waals surface area contributed by atoms with Crippen LogP contribution in [0, 0.1) is 0 Å². The Hall–Kier alpha value is -1.78. The smallest absolute Gasteiger partial charge is 0.0894 e. The molecule has 0 saturated heterocycles. The van der Waals surface area contributed by atoms with Crippen LogP contribution in [0.1, 0.15) is 0 Å². The lowest BCUT2D eigenvalue weighted by Gasteiger charge is -2.05. The summed E-state index contributed by atoms with van der Waals surface area (Å²) in [6, 6.07) is 20.4. The van der Waals surface area contributed by atoms with Gasteiger partial charge in [0.1, 0.15) is 0 Å². The van der Waals surface area contributed by atoms with Crippen LogP contribution in [0.2, 0.25) is 0 Å². The van der Waals surface area contributed by atoms with Gasteiger partial charge in [0.2, 0.25) is 0 Å². The molecule has 0 unspecified atom stereocenters. The lowest BCUT2D eigenvalue weighted by Crippen LogP contribution is -1.89. The van der Waals surface area contributed by atoms with Crippen molar-refractivity contribution in [3.05, 3.63) is 69.6 Å². The molecule has 22 heavy (non-hydrogen) atoms. The van der Waals surface area contributed by atoms with E-state index in [2.05, 4.69) is 56.1 Å². The fourth-order valence-corrected chi connectivity index (χ4v) is 3.24. The van der Waals surface area contributed by atoms with Crippen LogP contribution >= 0.6 is 31.9 Å². The van der Waals surface area contributed by atoms with Crippen molar-refractivity contribution in [1.29, 1.82) is 0 Å². The molecule has 2 aromatic heterocycles. The first-order valence-corrected chi connectivity index (χ1v) is 8.41. The molecular weight excluding hydrogens is 404 g/mol. The maximum atomic E-state index is 4.72. The number of benzene rings is 2. The fraction of sp³-hybridized carbons (Fsp3) is 0. The Morgan fingerprint density at radius 3 is 1.45 bits per heavy atom. The lowest BCUT2D eigenvalue weighted by molar-refractivity contribution is 1.32. The van der Waals surface area contributed by atoms with Gasteiger partial charge in [0, 0.05) is 19.7 Å². The molecule has 0 aliphatic rings. The standard InChI is InChI=1S/C18H10Br2N2/c19-13-3-7-15-11(9-13)1-5-17(21-15)18-6-2-12-10-14(20)4-8-16(12)22-18/h1-10H. The number of halogens is 2. The molecule has 4 rings (SSSR count). The zero-order chi connectivity index (χ0) is 15.1. The van der Waals surface area contributed by atoms with Gasteiger partial charge in [0.15, 0.2) is 0 Å². The van der Waals surface area contributed by atoms with Gasteiger partial charge in [-0.05, 0) is 48.5 Å². The molecule has 0 aliphatic carbocycles. The molecule has 2 nitrogen and oxygen atoms in total. The molecular formula is C18H10Br2N2. The van der Waals surface area contributed by atoms with Gasteiger partial charge in [0.05, 0.1) is 22.4 Å². The van der Waals surface area contributed by atoms with Crippen molar-refractivity contribution in [3.8, 4) is 11.4 Å². The molecule has 106 valence electrons. The zero-order valence-electron chi connectivity index (χ0n) is 11.4. The van der Waals surface area contributed by atoms with Gasteiger partial charge in [0.25, 0.3) is 0 Å². The fourth-order valence-electron chi connectivity index (χ4n) is 2.48. The third kappa shape index (κ3) is 2.53. The van der Waals surface area contributed by atoms with E-state index in [0.29, 0.717) is 0 Å². The Kier molecular flexibility index (Phi) is 3.43. The topological polar surface area (TPSA) is 25.8 Å². The Morgan fingerprint density at radius 1 is 0.545 bits per heavy atom. The maximum absolute atomic E-state index is 4.72. The van der Waals surface area contributed by atoms with Crippen molar-refractivity contribution < 1.29 is 0 Å². The third-order valence-electron chi connectivity index (χ3n) is 3.56. The predicted octanol–water partition coefficient (Wildman–Crippen LogP) is 5.98. The van der Waals surface area contributed by atoms with Crippen molar-refractivity contribution in [1.82, 2.24) is 9.97 Å². The van der Waals surface area contributed by atoms with E-state index in [1.54, 1.807) is 0 Å². The van der Waals surface area contributed by atoms with Crippen LogP contribution in [0.3, 0.4) is 0 Å². The molecule has 2 aromatic carbocycles. The predicted molar refractivity (Wildman–Crippen MR) is 97.9 cm³/mol. The Morgan fingerprint density at radius 2 is 1.00 bits per heavy atom. The van der Waals surface area contributed by atoms with Crippen LogP contribution in [0.4, 0.5) is 0 Å². The Balaban J connectivity index is 1.87. The Bertz CT molecular complexity index is 929. The molecule has 0 fully saturated rings. The summed E-state index contributed by atoms with van der Waals surface area (Å²) in [4.78, 5) is 9.44. The summed E-state index contributed by atoms with van der Waals surface area (Å²) >= 11 is 6.97. The average Bonchev–Trinajstić information content (AvgIpc) is 2.54. The minimum absolute atomic E-state index is 0.889. The highest BCUT2D eigenvalue weighted by Crippen LogP contribution is 2.25. The molecule has 0 saturated carbocycles. The van der Waals surface area contributed by atoms with Gasteiger partial charge in [-0.3, -0.25) is 0 Å². The quantitative estimate of drug-likeness (QED) is 0.383. The molecule has 2 heterocycles. The highest BCUT2D eigenvalue weighted by molar-refractivity contribution is 9.10. The van der Waals surface area contributed by atoms with E-state index < -0.39 is 0 Å². The molecule has 0 aliphatic heterocycles. The minimum atomic E-state index is 0.889. The van der Waals surface area contributed by atoms with E-state index in [1.165, 1.54) is 0 Å². The van der Waals surface area contributed by atoms with Gasteiger partial charge < -0.3 is 0 Å². The van der Waals surface area contributed by atoms with E-state index in [1.807, 2.05) is 36.4 Å². The van der Waals surface area contributed by atoms with E-state index >= 15 is 0 Å². The largest absolute Gasteiger partial charge is 0.246 e. The first kappa shape index (κ1) is 13.9. The van der Waals surface area contributed by atoms with Crippen molar-refractivity contribution in [2.24, 2.45) is 0 Å². The Labute approximate surface area is 144 Å². The summed E-state index contributed by atoms with van der Waals surface area (Å²) in [5.41, 5.74) is 3.72. The van der Waals surface area contributed by atoms with Crippen LogP contribution in [0.15, 0.2) is 69.6 Å². The molecule has 4 aromatic rings.